The Hall–Kier alpha value is -1.29. The Kier molecular flexibility index (Phi) is 3.37. The summed E-state index contributed by atoms with van der Waals surface area (Å²) in [4.78, 5) is 17.9. The maximum atomic E-state index is 12.6. The van der Waals surface area contributed by atoms with Crippen LogP contribution in [0.1, 0.15) is 37.4 Å². The molecular weight excluding hydrogens is 226 g/mol. The van der Waals surface area contributed by atoms with Gasteiger partial charge in [-0.3, -0.25) is 4.79 Å². The molecule has 3 rings (SSSR count). The number of nitrogens with zero attached hydrogens (tertiary/aromatic N) is 1. The zero-order valence-electron chi connectivity index (χ0n) is 10.7. The Bertz CT molecular complexity index is 395. The standard InChI is InChI=1S/C14H21N3O/c18-14(11-4-1-7-15-10-11)17-9-3-6-13(17)12-5-2-8-16-12/h2,5,8,11,13,15-16H,1,3-4,6-7,9-10H2/t11-,13?/m1/s1. The molecule has 2 aliphatic rings. The van der Waals surface area contributed by atoms with Crippen LogP contribution in [0.25, 0.3) is 0 Å². The molecule has 2 atom stereocenters. The van der Waals surface area contributed by atoms with Crippen LogP contribution in [0.4, 0.5) is 0 Å². The van der Waals surface area contributed by atoms with E-state index in [1.54, 1.807) is 0 Å². The minimum Gasteiger partial charge on any atom is -0.363 e. The third-order valence-corrected chi connectivity index (χ3v) is 4.16. The lowest BCUT2D eigenvalue weighted by molar-refractivity contribution is -0.137. The topological polar surface area (TPSA) is 48.1 Å². The summed E-state index contributed by atoms with van der Waals surface area (Å²) < 4.78 is 0. The highest BCUT2D eigenvalue weighted by Crippen LogP contribution is 2.32. The Morgan fingerprint density at radius 3 is 3.00 bits per heavy atom. The number of piperidine rings is 1. The number of carbonyl (C=O) groups excluding carboxylic acids is 1. The first kappa shape index (κ1) is 11.8. The Morgan fingerprint density at radius 2 is 2.28 bits per heavy atom. The van der Waals surface area contributed by atoms with Crippen molar-refractivity contribution in [2.45, 2.75) is 31.7 Å². The second-order valence-electron chi connectivity index (χ2n) is 5.36. The lowest BCUT2D eigenvalue weighted by atomic mass is 9.97. The van der Waals surface area contributed by atoms with Crippen molar-refractivity contribution in [1.82, 2.24) is 15.2 Å². The van der Waals surface area contributed by atoms with E-state index in [0.717, 1.165) is 45.3 Å². The van der Waals surface area contributed by atoms with Crippen LogP contribution >= 0.6 is 0 Å². The van der Waals surface area contributed by atoms with E-state index >= 15 is 0 Å². The predicted molar refractivity (Wildman–Crippen MR) is 70.1 cm³/mol. The molecule has 2 fully saturated rings. The van der Waals surface area contributed by atoms with E-state index in [2.05, 4.69) is 21.3 Å². The molecule has 2 N–H and O–H groups in total. The molecule has 4 nitrogen and oxygen atoms in total. The van der Waals surface area contributed by atoms with E-state index in [1.807, 2.05) is 12.3 Å². The Labute approximate surface area is 108 Å². The number of hydrogen-bond acceptors (Lipinski definition) is 2. The van der Waals surface area contributed by atoms with Crippen molar-refractivity contribution in [3.8, 4) is 0 Å². The second-order valence-corrected chi connectivity index (χ2v) is 5.36. The summed E-state index contributed by atoms with van der Waals surface area (Å²) in [6.07, 6.45) is 6.32. The molecule has 1 unspecified atom stereocenters. The molecule has 0 bridgehead atoms. The van der Waals surface area contributed by atoms with Crippen LogP contribution in [0.15, 0.2) is 18.3 Å². The van der Waals surface area contributed by atoms with Crippen LogP contribution in [0.3, 0.4) is 0 Å². The number of hydrogen-bond donors (Lipinski definition) is 2. The average molecular weight is 247 g/mol. The lowest BCUT2D eigenvalue weighted by Gasteiger charge is -2.30. The fraction of sp³-hybridized carbons (Fsp3) is 0.643. The normalized spacial score (nSPS) is 28.6. The first-order valence-electron chi connectivity index (χ1n) is 7.01. The zero-order valence-corrected chi connectivity index (χ0v) is 10.7. The van der Waals surface area contributed by atoms with E-state index in [9.17, 15) is 4.79 Å². The number of nitrogens with one attached hydrogen (secondary N) is 2. The summed E-state index contributed by atoms with van der Waals surface area (Å²) in [6, 6.07) is 4.38. The van der Waals surface area contributed by atoms with Gasteiger partial charge in [0.05, 0.1) is 12.0 Å². The number of aromatic nitrogens is 1. The fourth-order valence-corrected chi connectivity index (χ4v) is 3.20. The first-order chi connectivity index (χ1) is 8.86. The van der Waals surface area contributed by atoms with Gasteiger partial charge in [-0.25, -0.2) is 0 Å². The van der Waals surface area contributed by atoms with Crippen molar-refractivity contribution in [3.63, 3.8) is 0 Å². The van der Waals surface area contributed by atoms with Crippen molar-refractivity contribution in [2.24, 2.45) is 5.92 Å². The van der Waals surface area contributed by atoms with Gasteiger partial charge in [0.1, 0.15) is 0 Å². The third-order valence-electron chi connectivity index (χ3n) is 4.16. The highest BCUT2D eigenvalue weighted by molar-refractivity contribution is 5.80. The molecule has 18 heavy (non-hydrogen) atoms. The molecule has 0 spiro atoms. The monoisotopic (exact) mass is 247 g/mol. The molecule has 2 saturated heterocycles. The summed E-state index contributed by atoms with van der Waals surface area (Å²) in [5, 5.41) is 3.33. The van der Waals surface area contributed by atoms with Crippen LogP contribution < -0.4 is 5.32 Å². The minimum atomic E-state index is 0.189. The van der Waals surface area contributed by atoms with Crippen molar-refractivity contribution in [2.75, 3.05) is 19.6 Å². The van der Waals surface area contributed by atoms with E-state index < -0.39 is 0 Å². The summed E-state index contributed by atoms with van der Waals surface area (Å²) in [5.74, 6) is 0.536. The van der Waals surface area contributed by atoms with Crippen molar-refractivity contribution in [1.29, 1.82) is 0 Å². The molecule has 98 valence electrons. The first-order valence-corrected chi connectivity index (χ1v) is 7.01. The highest BCUT2D eigenvalue weighted by atomic mass is 16.2. The quantitative estimate of drug-likeness (QED) is 0.835. The van der Waals surface area contributed by atoms with E-state index in [4.69, 9.17) is 0 Å². The van der Waals surface area contributed by atoms with Crippen molar-refractivity contribution in [3.05, 3.63) is 24.0 Å². The molecule has 0 radical (unpaired) electrons. The molecule has 0 aromatic carbocycles. The van der Waals surface area contributed by atoms with Crippen molar-refractivity contribution < 1.29 is 4.79 Å². The van der Waals surface area contributed by atoms with Gasteiger partial charge in [0.2, 0.25) is 5.91 Å². The molecule has 1 aromatic heterocycles. The average Bonchev–Trinajstić information content (AvgIpc) is 3.09. The van der Waals surface area contributed by atoms with Crippen LogP contribution in [-0.4, -0.2) is 35.4 Å². The van der Waals surface area contributed by atoms with Gasteiger partial charge in [0, 0.05) is 25.0 Å². The zero-order chi connectivity index (χ0) is 12.4. The van der Waals surface area contributed by atoms with Gasteiger partial charge >= 0.3 is 0 Å². The molecule has 2 aliphatic heterocycles. The van der Waals surface area contributed by atoms with E-state index in [1.165, 1.54) is 5.69 Å². The van der Waals surface area contributed by atoms with Gasteiger partial charge in [-0.05, 0) is 44.4 Å². The maximum Gasteiger partial charge on any atom is 0.227 e. The van der Waals surface area contributed by atoms with Gasteiger partial charge in [0.15, 0.2) is 0 Å². The van der Waals surface area contributed by atoms with Gasteiger partial charge in [-0.1, -0.05) is 0 Å². The number of carbonyl (C=O) groups is 1. The maximum absolute atomic E-state index is 12.6. The number of amides is 1. The van der Waals surface area contributed by atoms with Crippen LogP contribution in [-0.2, 0) is 4.79 Å². The van der Waals surface area contributed by atoms with Gasteiger partial charge in [0.25, 0.3) is 0 Å². The molecule has 1 aromatic rings. The number of aromatic amines is 1. The number of rotatable bonds is 2. The molecule has 0 aliphatic carbocycles. The molecule has 1 amide bonds. The molecular formula is C14H21N3O. The summed E-state index contributed by atoms with van der Waals surface area (Å²) in [6.45, 7) is 2.83. The van der Waals surface area contributed by atoms with Gasteiger partial charge in [-0.2, -0.15) is 0 Å². The predicted octanol–water partition coefficient (Wildman–Crippen LogP) is 1.68. The van der Waals surface area contributed by atoms with Crippen LogP contribution in [0.5, 0.6) is 0 Å². The Balaban J connectivity index is 1.72. The summed E-state index contributed by atoms with van der Waals surface area (Å²) >= 11 is 0. The van der Waals surface area contributed by atoms with Crippen LogP contribution in [0, 0.1) is 5.92 Å². The number of likely N-dealkylation sites (tertiary alicyclic amines) is 1. The number of H-pyrrole nitrogens is 1. The van der Waals surface area contributed by atoms with Gasteiger partial charge in [-0.15, -0.1) is 0 Å². The Morgan fingerprint density at radius 1 is 1.33 bits per heavy atom. The van der Waals surface area contributed by atoms with E-state index in [0.29, 0.717) is 5.91 Å². The van der Waals surface area contributed by atoms with Crippen LogP contribution in [0.2, 0.25) is 0 Å². The third kappa shape index (κ3) is 2.17. The largest absolute Gasteiger partial charge is 0.363 e. The summed E-state index contributed by atoms with van der Waals surface area (Å²) in [7, 11) is 0. The smallest absolute Gasteiger partial charge is 0.227 e. The molecule has 0 saturated carbocycles. The highest BCUT2D eigenvalue weighted by Gasteiger charge is 2.34. The SMILES string of the molecule is O=C([C@@H]1CCCNC1)N1CCCC1c1ccc[nH]1. The minimum absolute atomic E-state index is 0.189. The molecule has 4 heteroatoms. The van der Waals surface area contributed by atoms with Crippen molar-refractivity contribution >= 4 is 5.91 Å². The second kappa shape index (κ2) is 5.14. The fourth-order valence-electron chi connectivity index (χ4n) is 3.20. The summed E-state index contributed by atoms with van der Waals surface area (Å²) in [5.41, 5.74) is 1.18. The van der Waals surface area contributed by atoms with Gasteiger partial charge < -0.3 is 15.2 Å². The van der Waals surface area contributed by atoms with E-state index in [-0.39, 0.29) is 12.0 Å². The lowest BCUT2D eigenvalue weighted by Crippen LogP contribution is -2.42. The molecule has 3 heterocycles.